The molecule has 0 radical (unpaired) electrons. The summed E-state index contributed by atoms with van der Waals surface area (Å²) in [6.07, 6.45) is 6.84. The lowest BCUT2D eigenvalue weighted by Crippen LogP contribution is -2.21. The Kier molecular flexibility index (Phi) is 8.56. The largest absolute Gasteiger partial charge is 0.506 e. The zero-order valence-electron chi connectivity index (χ0n) is 22.0. The maximum absolute atomic E-state index is 11.1. The van der Waals surface area contributed by atoms with Gasteiger partial charge in [0.1, 0.15) is 24.2 Å². The van der Waals surface area contributed by atoms with Crippen molar-refractivity contribution in [2.75, 3.05) is 13.0 Å². The molecule has 2 atom stereocenters. The van der Waals surface area contributed by atoms with Crippen molar-refractivity contribution in [3.63, 3.8) is 0 Å². The number of nitrogens with zero attached hydrogens (tertiary/aromatic N) is 1. The molecule has 2 N–H and O–H groups in total. The van der Waals surface area contributed by atoms with E-state index in [9.17, 15) is 10.00 Å². The van der Waals surface area contributed by atoms with Gasteiger partial charge in [-0.1, -0.05) is 43.0 Å². The van der Waals surface area contributed by atoms with E-state index in [-0.39, 0.29) is 12.5 Å². The Hall–Kier alpha value is -2.21. The summed E-state index contributed by atoms with van der Waals surface area (Å²) in [5.41, 5.74) is 6.08. The van der Waals surface area contributed by atoms with E-state index in [4.69, 9.17) is 30.4 Å². The molecule has 0 bridgehead atoms. The summed E-state index contributed by atoms with van der Waals surface area (Å²) in [7, 11) is -3.19. The van der Waals surface area contributed by atoms with Crippen LogP contribution in [-0.2, 0) is 15.5 Å². The fraction of sp³-hybridized carbons (Fsp3) is 0.433. The number of benzene rings is 2. The predicted octanol–water partition coefficient (Wildman–Crippen LogP) is 7.97. The van der Waals surface area contributed by atoms with E-state index in [2.05, 4.69) is 13.8 Å². The quantitative estimate of drug-likeness (QED) is 0.287. The van der Waals surface area contributed by atoms with Crippen LogP contribution in [0.4, 0.5) is 0 Å². The zero-order chi connectivity index (χ0) is 26.7. The van der Waals surface area contributed by atoms with Gasteiger partial charge in [-0.3, -0.25) is 4.98 Å². The van der Waals surface area contributed by atoms with Gasteiger partial charge in [-0.05, 0) is 85.3 Å². The number of aromatic hydroxyl groups is 1. The summed E-state index contributed by atoms with van der Waals surface area (Å²) in [5, 5.41) is 11.1. The van der Waals surface area contributed by atoms with Gasteiger partial charge in [-0.2, -0.15) is 13.9 Å². The van der Waals surface area contributed by atoms with E-state index in [0.717, 1.165) is 40.9 Å². The Morgan fingerprint density at radius 1 is 1.03 bits per heavy atom. The van der Waals surface area contributed by atoms with E-state index < -0.39 is 7.94 Å². The van der Waals surface area contributed by atoms with Crippen LogP contribution in [0.5, 0.6) is 11.5 Å². The minimum absolute atomic E-state index is 0.0490. The first kappa shape index (κ1) is 27.4. The van der Waals surface area contributed by atoms with Crippen LogP contribution < -0.4 is 4.74 Å². The molecule has 1 aliphatic heterocycles. The van der Waals surface area contributed by atoms with Crippen LogP contribution in [0.25, 0.3) is 0 Å². The highest BCUT2D eigenvalue weighted by Gasteiger charge is 2.49. The summed E-state index contributed by atoms with van der Waals surface area (Å²) in [4.78, 5) is 15.9. The SMILES string of the molecule is Cc1cc(OC[P+]2(O)OCCC(c3cccc(Cl)c3)O2)cc(C)c1Cc1ccc(O)c(C2CCCCC2)n1. The third-order valence-corrected chi connectivity index (χ3v) is 9.42. The van der Waals surface area contributed by atoms with Gasteiger partial charge in [-0.15, -0.1) is 0 Å². The molecule has 2 heterocycles. The molecular formula is C30H36ClNO5P+. The molecule has 2 aromatic carbocycles. The highest BCUT2D eigenvalue weighted by atomic mass is 35.5. The molecule has 38 heavy (non-hydrogen) atoms. The molecule has 1 saturated heterocycles. The van der Waals surface area contributed by atoms with Crippen LogP contribution in [0.2, 0.25) is 5.02 Å². The van der Waals surface area contributed by atoms with Crippen molar-refractivity contribution in [1.29, 1.82) is 0 Å². The van der Waals surface area contributed by atoms with E-state index in [1.165, 1.54) is 24.8 Å². The van der Waals surface area contributed by atoms with Crippen molar-refractivity contribution in [2.24, 2.45) is 0 Å². The Labute approximate surface area is 230 Å². The molecule has 2 unspecified atom stereocenters. The number of pyridine rings is 1. The van der Waals surface area contributed by atoms with Crippen LogP contribution in [0.1, 0.15) is 84.2 Å². The molecule has 6 nitrogen and oxygen atoms in total. The Balaban J connectivity index is 1.26. The first-order valence-electron chi connectivity index (χ1n) is 13.4. The maximum Gasteiger partial charge on any atom is 0.449 e. The summed E-state index contributed by atoms with van der Waals surface area (Å²) < 4.78 is 17.7. The highest BCUT2D eigenvalue weighted by molar-refractivity contribution is 7.60. The number of rotatable bonds is 7. The van der Waals surface area contributed by atoms with Crippen LogP contribution in [0, 0.1) is 13.8 Å². The molecule has 0 spiro atoms. The summed E-state index contributed by atoms with van der Waals surface area (Å²) in [6.45, 7) is 4.51. The normalized spacial score (nSPS) is 22.4. The van der Waals surface area contributed by atoms with Crippen molar-refractivity contribution in [2.45, 2.75) is 70.8 Å². The van der Waals surface area contributed by atoms with Crippen molar-refractivity contribution in [3.8, 4) is 11.5 Å². The molecule has 0 amide bonds. The standard InChI is InChI=1S/C30H35ClNO5P/c1-20-15-26(35-19-38(34)36-14-13-29(37-38)23-9-6-10-24(31)17-23)16-21(2)27(20)18-25-11-12-28(33)30(32-25)22-7-4-3-5-8-22/h6,9-12,15-17,22,29,34H,3-5,7-8,13-14,18-19H2,1-2H3/p+1. The fourth-order valence-electron chi connectivity index (χ4n) is 5.52. The van der Waals surface area contributed by atoms with Gasteiger partial charge in [0.25, 0.3) is 6.35 Å². The molecule has 2 fully saturated rings. The number of halogens is 1. The topological polar surface area (TPSA) is 81.0 Å². The molecule has 202 valence electrons. The Morgan fingerprint density at radius 2 is 1.79 bits per heavy atom. The van der Waals surface area contributed by atoms with E-state index in [1.807, 2.05) is 42.5 Å². The average molecular weight is 557 g/mol. The van der Waals surface area contributed by atoms with Crippen molar-refractivity contribution in [3.05, 3.63) is 87.2 Å². The minimum Gasteiger partial charge on any atom is -0.506 e. The van der Waals surface area contributed by atoms with Gasteiger partial charge in [-0.25, -0.2) is 0 Å². The highest BCUT2D eigenvalue weighted by Crippen LogP contribution is 2.63. The smallest absolute Gasteiger partial charge is 0.449 e. The fourth-order valence-corrected chi connectivity index (χ4v) is 7.25. The van der Waals surface area contributed by atoms with E-state index in [0.29, 0.717) is 41.9 Å². The number of ether oxygens (including phenoxy) is 1. The zero-order valence-corrected chi connectivity index (χ0v) is 23.7. The van der Waals surface area contributed by atoms with Crippen LogP contribution in [0.3, 0.4) is 0 Å². The summed E-state index contributed by atoms with van der Waals surface area (Å²) in [5.74, 6) is 1.32. The first-order chi connectivity index (χ1) is 18.3. The lowest BCUT2D eigenvalue weighted by atomic mass is 9.86. The monoisotopic (exact) mass is 556 g/mol. The lowest BCUT2D eigenvalue weighted by molar-refractivity contribution is 0.0518. The van der Waals surface area contributed by atoms with Crippen LogP contribution in [-0.4, -0.2) is 27.9 Å². The van der Waals surface area contributed by atoms with Gasteiger partial charge >= 0.3 is 7.94 Å². The van der Waals surface area contributed by atoms with Crippen molar-refractivity contribution < 1.29 is 23.8 Å². The second kappa shape index (κ2) is 11.9. The molecule has 3 aromatic rings. The first-order valence-corrected chi connectivity index (χ1v) is 15.5. The average Bonchev–Trinajstić information content (AvgIpc) is 2.91. The Bertz CT molecular complexity index is 1260. The van der Waals surface area contributed by atoms with Crippen molar-refractivity contribution in [1.82, 2.24) is 4.98 Å². The lowest BCUT2D eigenvalue weighted by Gasteiger charge is -2.27. The molecule has 5 rings (SSSR count). The molecule has 2 aliphatic rings. The third kappa shape index (κ3) is 6.50. The number of hydrogen-bond acceptors (Lipinski definition) is 6. The second-order valence-electron chi connectivity index (χ2n) is 10.4. The number of aromatic nitrogens is 1. The van der Waals surface area contributed by atoms with Crippen molar-refractivity contribution >= 4 is 19.5 Å². The molecule has 1 saturated carbocycles. The van der Waals surface area contributed by atoms with Gasteiger partial charge in [0, 0.05) is 29.5 Å². The van der Waals surface area contributed by atoms with Crippen LogP contribution >= 0.6 is 19.5 Å². The maximum atomic E-state index is 11.1. The van der Waals surface area contributed by atoms with E-state index >= 15 is 0 Å². The van der Waals surface area contributed by atoms with Crippen LogP contribution in [0.15, 0.2) is 48.5 Å². The van der Waals surface area contributed by atoms with Gasteiger partial charge in [0.15, 0.2) is 0 Å². The van der Waals surface area contributed by atoms with E-state index in [1.54, 1.807) is 6.07 Å². The summed E-state index contributed by atoms with van der Waals surface area (Å²) >= 11 is 6.14. The number of hydrogen-bond donors (Lipinski definition) is 2. The minimum atomic E-state index is -3.19. The Morgan fingerprint density at radius 3 is 2.53 bits per heavy atom. The predicted molar refractivity (Wildman–Crippen MR) is 151 cm³/mol. The number of aryl methyl sites for hydroxylation is 2. The van der Waals surface area contributed by atoms with Gasteiger partial charge in [0.05, 0.1) is 5.69 Å². The summed E-state index contributed by atoms with van der Waals surface area (Å²) in [6, 6.07) is 15.2. The second-order valence-corrected chi connectivity index (χ2v) is 12.9. The molecule has 1 aromatic heterocycles. The van der Waals surface area contributed by atoms with Gasteiger partial charge in [0.2, 0.25) is 0 Å². The molecule has 1 aliphatic carbocycles. The molecular weight excluding hydrogens is 521 g/mol. The molecule has 8 heteroatoms. The van der Waals surface area contributed by atoms with Gasteiger partial charge < -0.3 is 9.84 Å². The third-order valence-electron chi connectivity index (χ3n) is 7.56.